The van der Waals surface area contributed by atoms with Crippen molar-refractivity contribution >= 4 is 22.4 Å². The van der Waals surface area contributed by atoms with Gasteiger partial charge in [0, 0.05) is 17.8 Å². The van der Waals surface area contributed by atoms with Crippen molar-refractivity contribution in [2.24, 2.45) is 0 Å². The zero-order valence-electron chi connectivity index (χ0n) is 9.04. The molecule has 0 atom stereocenters. The fourth-order valence-electron chi connectivity index (χ4n) is 1.65. The molecule has 0 fully saturated rings. The van der Waals surface area contributed by atoms with Crippen LogP contribution in [-0.2, 0) is 0 Å². The molecule has 0 saturated carbocycles. The molecule has 4 heteroatoms. The number of hydrogen-bond donors (Lipinski definition) is 1. The molecule has 1 N–H and O–H groups in total. The summed E-state index contributed by atoms with van der Waals surface area (Å²) in [5.74, 6) is 0.713. The number of para-hydroxylation sites is 1. The lowest BCUT2D eigenvalue weighted by Crippen LogP contribution is -1.94. The molecule has 0 aliphatic carbocycles. The Balaban J connectivity index is 1.96. The van der Waals surface area contributed by atoms with Crippen molar-refractivity contribution in [3.63, 3.8) is 0 Å². The van der Waals surface area contributed by atoms with E-state index in [-0.39, 0.29) is 0 Å². The van der Waals surface area contributed by atoms with Gasteiger partial charge in [0.2, 0.25) is 0 Å². The Morgan fingerprint density at radius 3 is 2.76 bits per heavy atom. The number of aromatic nitrogens is 3. The summed E-state index contributed by atoms with van der Waals surface area (Å²) >= 11 is 0. The zero-order valence-corrected chi connectivity index (χ0v) is 9.04. The Morgan fingerprint density at radius 1 is 0.941 bits per heavy atom. The maximum atomic E-state index is 4.37. The molecule has 0 spiro atoms. The molecular formula is C13H10N4. The Hall–Kier alpha value is -2.49. The second-order valence-electron chi connectivity index (χ2n) is 3.63. The minimum atomic E-state index is 0.713. The van der Waals surface area contributed by atoms with E-state index in [0.29, 0.717) is 5.82 Å². The predicted octanol–water partition coefficient (Wildman–Crippen LogP) is 2.77. The highest BCUT2D eigenvalue weighted by Gasteiger charge is 1.98. The number of nitrogens with one attached hydrogen (secondary N) is 1. The summed E-state index contributed by atoms with van der Waals surface area (Å²) in [5, 5.41) is 4.26. The molecule has 2 heterocycles. The number of benzene rings is 1. The number of nitrogens with zero attached hydrogens (tertiary/aromatic N) is 3. The molecule has 3 rings (SSSR count). The average molecular weight is 222 g/mol. The monoisotopic (exact) mass is 222 g/mol. The van der Waals surface area contributed by atoms with Crippen LogP contribution in [0.4, 0.5) is 11.5 Å². The topological polar surface area (TPSA) is 50.7 Å². The summed E-state index contributed by atoms with van der Waals surface area (Å²) < 4.78 is 0. The summed E-state index contributed by atoms with van der Waals surface area (Å²) in [6.07, 6.45) is 6.76. The van der Waals surface area contributed by atoms with E-state index in [9.17, 15) is 0 Å². The van der Waals surface area contributed by atoms with Gasteiger partial charge in [0.05, 0.1) is 23.6 Å². The molecule has 82 valence electrons. The summed E-state index contributed by atoms with van der Waals surface area (Å²) in [5.41, 5.74) is 1.89. The predicted molar refractivity (Wildman–Crippen MR) is 67.1 cm³/mol. The fraction of sp³-hybridized carbons (Fsp3) is 0. The van der Waals surface area contributed by atoms with E-state index in [1.807, 2.05) is 30.3 Å². The summed E-state index contributed by atoms with van der Waals surface area (Å²) in [4.78, 5) is 12.5. The molecule has 0 bridgehead atoms. The Bertz CT molecular complexity index is 637. The average Bonchev–Trinajstić information content (AvgIpc) is 2.40. The van der Waals surface area contributed by atoms with E-state index in [1.165, 1.54) is 0 Å². The quantitative estimate of drug-likeness (QED) is 0.724. The first kappa shape index (κ1) is 9.72. The minimum absolute atomic E-state index is 0.713. The lowest BCUT2D eigenvalue weighted by atomic mass is 10.2. The summed E-state index contributed by atoms with van der Waals surface area (Å²) in [6.45, 7) is 0. The van der Waals surface area contributed by atoms with E-state index >= 15 is 0 Å². The van der Waals surface area contributed by atoms with E-state index in [1.54, 1.807) is 24.8 Å². The van der Waals surface area contributed by atoms with E-state index in [2.05, 4.69) is 20.3 Å². The van der Waals surface area contributed by atoms with Gasteiger partial charge in [0.1, 0.15) is 5.82 Å². The van der Waals surface area contributed by atoms with Crippen molar-refractivity contribution in [2.75, 3.05) is 5.32 Å². The van der Waals surface area contributed by atoms with Crippen molar-refractivity contribution in [1.29, 1.82) is 0 Å². The first-order valence-electron chi connectivity index (χ1n) is 5.30. The van der Waals surface area contributed by atoms with Crippen LogP contribution in [0.25, 0.3) is 10.9 Å². The highest BCUT2D eigenvalue weighted by molar-refractivity contribution is 5.82. The van der Waals surface area contributed by atoms with Crippen LogP contribution in [0.15, 0.2) is 55.1 Å². The molecule has 0 saturated heterocycles. The third-order valence-corrected chi connectivity index (χ3v) is 2.43. The van der Waals surface area contributed by atoms with Crippen molar-refractivity contribution in [1.82, 2.24) is 15.0 Å². The van der Waals surface area contributed by atoms with Gasteiger partial charge < -0.3 is 5.32 Å². The van der Waals surface area contributed by atoms with E-state index in [4.69, 9.17) is 0 Å². The minimum Gasteiger partial charge on any atom is -0.338 e. The fourth-order valence-corrected chi connectivity index (χ4v) is 1.65. The highest BCUT2D eigenvalue weighted by Crippen LogP contribution is 2.18. The van der Waals surface area contributed by atoms with Crippen LogP contribution in [-0.4, -0.2) is 15.0 Å². The second-order valence-corrected chi connectivity index (χ2v) is 3.63. The van der Waals surface area contributed by atoms with Gasteiger partial charge in [0.25, 0.3) is 0 Å². The Morgan fingerprint density at radius 2 is 1.88 bits per heavy atom. The number of anilines is 2. The van der Waals surface area contributed by atoms with Crippen molar-refractivity contribution in [3.8, 4) is 0 Å². The van der Waals surface area contributed by atoms with Gasteiger partial charge in [-0.3, -0.25) is 9.97 Å². The third-order valence-electron chi connectivity index (χ3n) is 2.43. The van der Waals surface area contributed by atoms with Crippen LogP contribution < -0.4 is 5.32 Å². The normalized spacial score (nSPS) is 10.4. The molecule has 0 amide bonds. The van der Waals surface area contributed by atoms with Crippen molar-refractivity contribution < 1.29 is 0 Å². The first-order valence-corrected chi connectivity index (χ1v) is 5.30. The third kappa shape index (κ3) is 2.06. The number of rotatable bonds is 2. The maximum absolute atomic E-state index is 4.37. The molecular weight excluding hydrogens is 212 g/mol. The molecule has 4 nitrogen and oxygen atoms in total. The van der Waals surface area contributed by atoms with Gasteiger partial charge >= 0.3 is 0 Å². The van der Waals surface area contributed by atoms with Crippen LogP contribution in [0.3, 0.4) is 0 Å². The molecule has 0 aliphatic heterocycles. The standard InChI is InChI=1S/C13H10N4/c1-2-4-12-10(3-1)7-11(8-16-12)17-13-9-14-5-6-15-13/h1-9H,(H,15,17). The summed E-state index contributed by atoms with van der Waals surface area (Å²) in [6, 6.07) is 10.0. The van der Waals surface area contributed by atoms with Crippen molar-refractivity contribution in [3.05, 3.63) is 55.1 Å². The van der Waals surface area contributed by atoms with Crippen LogP contribution >= 0.6 is 0 Å². The molecule has 1 aromatic carbocycles. The van der Waals surface area contributed by atoms with Gasteiger partial charge in [-0.25, -0.2) is 4.98 Å². The van der Waals surface area contributed by atoms with Crippen LogP contribution in [0.2, 0.25) is 0 Å². The van der Waals surface area contributed by atoms with Crippen LogP contribution in [0.1, 0.15) is 0 Å². The second kappa shape index (κ2) is 4.17. The van der Waals surface area contributed by atoms with Gasteiger partial charge in [-0.05, 0) is 12.1 Å². The number of pyridine rings is 1. The van der Waals surface area contributed by atoms with Gasteiger partial charge in [0.15, 0.2) is 0 Å². The molecule has 0 radical (unpaired) electrons. The molecule has 2 aromatic heterocycles. The summed E-state index contributed by atoms with van der Waals surface area (Å²) in [7, 11) is 0. The SMILES string of the molecule is c1ccc2ncc(Nc3cnccn3)cc2c1. The lowest BCUT2D eigenvalue weighted by molar-refractivity contribution is 1.20. The van der Waals surface area contributed by atoms with Crippen molar-refractivity contribution in [2.45, 2.75) is 0 Å². The Kier molecular flexibility index (Phi) is 2.38. The van der Waals surface area contributed by atoms with Gasteiger partial charge in [-0.1, -0.05) is 18.2 Å². The molecule has 3 aromatic rings. The van der Waals surface area contributed by atoms with E-state index < -0.39 is 0 Å². The first-order chi connectivity index (χ1) is 8.42. The van der Waals surface area contributed by atoms with E-state index in [0.717, 1.165) is 16.6 Å². The largest absolute Gasteiger partial charge is 0.338 e. The lowest BCUT2D eigenvalue weighted by Gasteiger charge is -2.05. The zero-order chi connectivity index (χ0) is 11.5. The maximum Gasteiger partial charge on any atom is 0.148 e. The van der Waals surface area contributed by atoms with Crippen LogP contribution in [0, 0.1) is 0 Å². The van der Waals surface area contributed by atoms with Crippen LogP contribution in [0.5, 0.6) is 0 Å². The molecule has 17 heavy (non-hydrogen) atoms. The molecule has 0 aliphatic rings. The van der Waals surface area contributed by atoms with Gasteiger partial charge in [-0.15, -0.1) is 0 Å². The number of fused-ring (bicyclic) bond motifs is 1. The smallest absolute Gasteiger partial charge is 0.148 e. The highest BCUT2D eigenvalue weighted by atomic mass is 15.0. The number of hydrogen-bond acceptors (Lipinski definition) is 4. The molecule has 0 unspecified atom stereocenters. The van der Waals surface area contributed by atoms with Gasteiger partial charge in [-0.2, -0.15) is 0 Å². The Labute approximate surface area is 98.4 Å².